The van der Waals surface area contributed by atoms with Crippen LogP contribution in [0.15, 0.2) is 18.2 Å². The summed E-state index contributed by atoms with van der Waals surface area (Å²) in [6, 6.07) is 5.13. The number of carbonyl (C=O) groups excluding carboxylic acids is 1. The molecule has 0 saturated heterocycles. The highest BCUT2D eigenvalue weighted by Gasteiger charge is 2.12. The predicted molar refractivity (Wildman–Crippen MR) is 65.1 cm³/mol. The maximum atomic E-state index is 11.4. The maximum Gasteiger partial charge on any atom is 0.341 e. The first-order valence-corrected chi connectivity index (χ1v) is 5.12. The van der Waals surface area contributed by atoms with Crippen LogP contribution in [0.3, 0.4) is 0 Å². The van der Waals surface area contributed by atoms with Crippen LogP contribution < -0.4 is 10.1 Å². The van der Waals surface area contributed by atoms with Crippen molar-refractivity contribution in [1.82, 2.24) is 5.32 Å². The zero-order chi connectivity index (χ0) is 12.7. The fourth-order valence-corrected chi connectivity index (χ4v) is 1.28. The summed E-state index contributed by atoms with van der Waals surface area (Å²) in [5.74, 6) is 5.94. The summed E-state index contributed by atoms with van der Waals surface area (Å²) >= 11 is 0. The van der Waals surface area contributed by atoms with Gasteiger partial charge in [-0.2, -0.15) is 0 Å². The maximum absolute atomic E-state index is 11.4. The Kier molecular flexibility index (Phi) is 5.05. The summed E-state index contributed by atoms with van der Waals surface area (Å²) in [6.45, 7) is 0.612. The van der Waals surface area contributed by atoms with Gasteiger partial charge in [-0.05, 0) is 25.2 Å². The summed E-state index contributed by atoms with van der Waals surface area (Å²) in [4.78, 5) is 11.4. The first kappa shape index (κ1) is 13.1. The molecule has 0 unspecified atom stereocenters. The number of nitrogens with one attached hydrogen (secondary N) is 1. The Labute approximate surface area is 101 Å². The molecule has 4 nitrogen and oxygen atoms in total. The fourth-order valence-electron chi connectivity index (χ4n) is 1.28. The van der Waals surface area contributed by atoms with Crippen molar-refractivity contribution in [2.24, 2.45) is 0 Å². The normalized spacial score (nSPS) is 9.12. The molecule has 0 aromatic heterocycles. The van der Waals surface area contributed by atoms with E-state index in [1.165, 1.54) is 14.2 Å². The highest BCUT2D eigenvalue weighted by atomic mass is 16.5. The van der Waals surface area contributed by atoms with E-state index in [0.29, 0.717) is 17.9 Å². The van der Waals surface area contributed by atoms with Crippen LogP contribution in [-0.4, -0.2) is 33.8 Å². The van der Waals surface area contributed by atoms with E-state index in [1.807, 2.05) is 7.05 Å². The van der Waals surface area contributed by atoms with E-state index in [0.717, 1.165) is 5.56 Å². The van der Waals surface area contributed by atoms with E-state index < -0.39 is 5.97 Å². The highest BCUT2D eigenvalue weighted by molar-refractivity contribution is 5.92. The molecular formula is C13H15NO3. The lowest BCUT2D eigenvalue weighted by atomic mass is 10.1. The van der Waals surface area contributed by atoms with Gasteiger partial charge < -0.3 is 14.8 Å². The number of ether oxygens (including phenoxy) is 2. The van der Waals surface area contributed by atoms with E-state index >= 15 is 0 Å². The molecule has 1 aromatic carbocycles. The third-order valence-electron chi connectivity index (χ3n) is 2.10. The Morgan fingerprint density at radius 2 is 2.18 bits per heavy atom. The minimum atomic E-state index is -0.420. The van der Waals surface area contributed by atoms with Gasteiger partial charge >= 0.3 is 5.97 Å². The Morgan fingerprint density at radius 3 is 2.76 bits per heavy atom. The van der Waals surface area contributed by atoms with Crippen molar-refractivity contribution in [3.05, 3.63) is 29.3 Å². The zero-order valence-corrected chi connectivity index (χ0v) is 10.2. The second-order valence-corrected chi connectivity index (χ2v) is 3.24. The molecule has 0 aliphatic rings. The molecule has 4 heteroatoms. The topological polar surface area (TPSA) is 47.6 Å². The SMILES string of the molecule is CNCC#Cc1ccc(C(=O)OC)c(OC)c1. The molecular weight excluding hydrogens is 218 g/mol. The van der Waals surface area contributed by atoms with Gasteiger partial charge in [-0.1, -0.05) is 11.8 Å². The Hall–Kier alpha value is -1.99. The fraction of sp³-hybridized carbons (Fsp3) is 0.308. The monoisotopic (exact) mass is 233 g/mol. The Balaban J connectivity index is 3.01. The second kappa shape index (κ2) is 6.56. The molecule has 0 heterocycles. The molecule has 17 heavy (non-hydrogen) atoms. The van der Waals surface area contributed by atoms with Crippen molar-refractivity contribution in [2.45, 2.75) is 0 Å². The molecule has 0 amide bonds. The van der Waals surface area contributed by atoms with Crippen molar-refractivity contribution in [3.63, 3.8) is 0 Å². The lowest BCUT2D eigenvalue weighted by Gasteiger charge is -2.06. The quantitative estimate of drug-likeness (QED) is 0.626. The Morgan fingerprint density at radius 1 is 1.41 bits per heavy atom. The summed E-state index contributed by atoms with van der Waals surface area (Å²) in [5, 5.41) is 2.93. The van der Waals surface area contributed by atoms with Crippen molar-refractivity contribution < 1.29 is 14.3 Å². The lowest BCUT2D eigenvalue weighted by molar-refractivity contribution is 0.0597. The average Bonchev–Trinajstić information content (AvgIpc) is 2.38. The Bertz CT molecular complexity index is 457. The first-order chi connectivity index (χ1) is 8.22. The minimum absolute atomic E-state index is 0.397. The first-order valence-electron chi connectivity index (χ1n) is 5.12. The number of esters is 1. The third kappa shape index (κ3) is 3.51. The van der Waals surface area contributed by atoms with Crippen molar-refractivity contribution >= 4 is 5.97 Å². The number of hydrogen-bond acceptors (Lipinski definition) is 4. The van der Waals surface area contributed by atoms with E-state index in [4.69, 9.17) is 4.74 Å². The van der Waals surface area contributed by atoms with E-state index in [-0.39, 0.29) is 0 Å². The molecule has 90 valence electrons. The average molecular weight is 233 g/mol. The van der Waals surface area contributed by atoms with Gasteiger partial charge in [0.1, 0.15) is 11.3 Å². The smallest absolute Gasteiger partial charge is 0.341 e. The predicted octanol–water partition coefficient (Wildman–Crippen LogP) is 1.05. The summed E-state index contributed by atoms with van der Waals surface area (Å²) in [5.41, 5.74) is 1.19. The molecule has 0 radical (unpaired) electrons. The minimum Gasteiger partial charge on any atom is -0.496 e. The van der Waals surface area contributed by atoms with Crippen LogP contribution in [0.1, 0.15) is 15.9 Å². The van der Waals surface area contributed by atoms with Gasteiger partial charge in [0.05, 0.1) is 20.8 Å². The van der Waals surface area contributed by atoms with Gasteiger partial charge in [-0.15, -0.1) is 0 Å². The molecule has 1 N–H and O–H groups in total. The van der Waals surface area contributed by atoms with Crippen LogP contribution in [0.4, 0.5) is 0 Å². The van der Waals surface area contributed by atoms with Crippen LogP contribution in [0, 0.1) is 11.8 Å². The molecule has 0 atom stereocenters. The number of methoxy groups -OCH3 is 2. The van der Waals surface area contributed by atoms with Crippen molar-refractivity contribution in [1.29, 1.82) is 0 Å². The summed E-state index contributed by atoms with van der Waals surface area (Å²) in [6.07, 6.45) is 0. The number of carbonyl (C=O) groups is 1. The van der Waals surface area contributed by atoms with E-state index in [2.05, 4.69) is 21.9 Å². The van der Waals surface area contributed by atoms with E-state index in [9.17, 15) is 4.79 Å². The molecule has 0 aliphatic heterocycles. The van der Waals surface area contributed by atoms with Gasteiger partial charge in [-0.3, -0.25) is 0 Å². The molecule has 1 rings (SSSR count). The third-order valence-corrected chi connectivity index (χ3v) is 2.10. The van der Waals surface area contributed by atoms with Gasteiger partial charge in [0.2, 0.25) is 0 Å². The van der Waals surface area contributed by atoms with Crippen LogP contribution in [-0.2, 0) is 4.74 Å². The van der Waals surface area contributed by atoms with Crippen LogP contribution >= 0.6 is 0 Å². The number of benzene rings is 1. The molecule has 0 spiro atoms. The van der Waals surface area contributed by atoms with Crippen molar-refractivity contribution in [3.8, 4) is 17.6 Å². The number of rotatable bonds is 3. The highest BCUT2D eigenvalue weighted by Crippen LogP contribution is 2.20. The van der Waals surface area contributed by atoms with Crippen LogP contribution in [0.2, 0.25) is 0 Å². The van der Waals surface area contributed by atoms with Crippen LogP contribution in [0.25, 0.3) is 0 Å². The molecule has 1 aromatic rings. The van der Waals surface area contributed by atoms with Crippen LogP contribution in [0.5, 0.6) is 5.75 Å². The van der Waals surface area contributed by atoms with E-state index in [1.54, 1.807) is 18.2 Å². The summed E-state index contributed by atoms with van der Waals surface area (Å²) in [7, 11) is 4.67. The largest absolute Gasteiger partial charge is 0.496 e. The second-order valence-electron chi connectivity index (χ2n) is 3.24. The van der Waals surface area contributed by atoms with Gasteiger partial charge in [0.25, 0.3) is 0 Å². The lowest BCUT2D eigenvalue weighted by Crippen LogP contribution is -2.05. The number of hydrogen-bond donors (Lipinski definition) is 1. The summed E-state index contributed by atoms with van der Waals surface area (Å²) < 4.78 is 9.78. The van der Waals surface area contributed by atoms with Gasteiger partial charge in [0, 0.05) is 5.56 Å². The standard InChI is InChI=1S/C13H15NO3/c1-14-8-4-5-10-6-7-11(13(15)17-3)12(9-10)16-2/h6-7,9,14H,8H2,1-3H3. The van der Waals surface area contributed by atoms with Gasteiger partial charge in [0.15, 0.2) is 0 Å². The van der Waals surface area contributed by atoms with Gasteiger partial charge in [-0.25, -0.2) is 4.79 Å². The van der Waals surface area contributed by atoms with Crippen molar-refractivity contribution in [2.75, 3.05) is 27.8 Å². The molecule has 0 saturated carbocycles. The molecule has 0 fully saturated rings. The zero-order valence-electron chi connectivity index (χ0n) is 10.2. The molecule has 0 bridgehead atoms. The molecule has 0 aliphatic carbocycles.